The van der Waals surface area contributed by atoms with Crippen LogP contribution in [0.5, 0.6) is 0 Å². The van der Waals surface area contributed by atoms with Crippen LogP contribution in [-0.2, 0) is 5.41 Å². The summed E-state index contributed by atoms with van der Waals surface area (Å²) in [6.07, 6.45) is 0. The zero-order chi connectivity index (χ0) is 32.7. The number of anilines is 3. The summed E-state index contributed by atoms with van der Waals surface area (Å²) in [6, 6.07) is 63.6. The fraction of sp³-hybridized carbons (Fsp3) is 0.0833. The van der Waals surface area contributed by atoms with Crippen LogP contribution in [0.25, 0.3) is 43.8 Å². The van der Waals surface area contributed by atoms with E-state index in [1.807, 2.05) is 0 Å². The molecule has 0 amide bonds. The molecule has 0 saturated heterocycles. The SMILES string of the molecule is CC(C)c1ccc(N(c2ccccc2)c2ccc3cc4c(cc3c2)C2(c3ccccc3-c3ccccc32)c2cc3ccccc3cc2-4)cc1. The number of hydrogen-bond acceptors (Lipinski definition) is 1. The molecule has 0 bridgehead atoms. The summed E-state index contributed by atoms with van der Waals surface area (Å²) in [5, 5.41) is 5.06. The molecule has 10 rings (SSSR count). The minimum absolute atomic E-state index is 0.391. The van der Waals surface area contributed by atoms with Gasteiger partial charge in [0.15, 0.2) is 0 Å². The first kappa shape index (κ1) is 28.1. The highest BCUT2D eigenvalue weighted by Gasteiger charge is 2.51. The van der Waals surface area contributed by atoms with Crippen LogP contribution in [-0.4, -0.2) is 0 Å². The van der Waals surface area contributed by atoms with Crippen LogP contribution in [0.2, 0.25) is 0 Å². The molecular weight excluding hydrogens is 591 g/mol. The molecule has 0 fully saturated rings. The largest absolute Gasteiger partial charge is 0.310 e. The molecule has 0 heterocycles. The van der Waals surface area contributed by atoms with Gasteiger partial charge in [-0.15, -0.1) is 0 Å². The predicted molar refractivity (Wildman–Crippen MR) is 207 cm³/mol. The van der Waals surface area contributed by atoms with Crippen molar-refractivity contribution in [1.29, 1.82) is 0 Å². The van der Waals surface area contributed by atoms with Crippen molar-refractivity contribution in [1.82, 2.24) is 0 Å². The van der Waals surface area contributed by atoms with Crippen molar-refractivity contribution in [3.8, 4) is 22.3 Å². The number of para-hydroxylation sites is 1. The minimum atomic E-state index is -0.391. The van der Waals surface area contributed by atoms with E-state index in [0.717, 1.165) is 17.1 Å². The van der Waals surface area contributed by atoms with Crippen LogP contribution in [0.15, 0.2) is 170 Å². The molecule has 0 aromatic heterocycles. The van der Waals surface area contributed by atoms with Crippen molar-refractivity contribution in [2.45, 2.75) is 25.2 Å². The Labute approximate surface area is 287 Å². The zero-order valence-electron chi connectivity index (χ0n) is 27.7. The molecule has 2 aliphatic carbocycles. The van der Waals surface area contributed by atoms with Gasteiger partial charge in [-0.3, -0.25) is 0 Å². The smallest absolute Gasteiger partial charge is 0.0725 e. The first-order valence-electron chi connectivity index (χ1n) is 17.4. The van der Waals surface area contributed by atoms with E-state index in [0.29, 0.717) is 5.92 Å². The fourth-order valence-corrected chi connectivity index (χ4v) is 8.72. The number of fused-ring (bicyclic) bond motifs is 12. The third-order valence-corrected chi connectivity index (χ3v) is 11.0. The highest BCUT2D eigenvalue weighted by Crippen LogP contribution is 2.63. The Bertz CT molecular complexity index is 2530. The number of hydrogen-bond donors (Lipinski definition) is 0. The first-order chi connectivity index (χ1) is 24.1. The van der Waals surface area contributed by atoms with E-state index in [1.54, 1.807) is 0 Å². The van der Waals surface area contributed by atoms with Crippen LogP contribution in [0.1, 0.15) is 47.6 Å². The van der Waals surface area contributed by atoms with Gasteiger partial charge in [0.2, 0.25) is 0 Å². The molecule has 2 aliphatic rings. The lowest BCUT2D eigenvalue weighted by Gasteiger charge is -2.31. The van der Waals surface area contributed by atoms with E-state index < -0.39 is 5.41 Å². The van der Waals surface area contributed by atoms with Gasteiger partial charge in [0.25, 0.3) is 0 Å². The molecule has 1 heteroatoms. The van der Waals surface area contributed by atoms with Gasteiger partial charge in [0.05, 0.1) is 5.41 Å². The lowest BCUT2D eigenvalue weighted by molar-refractivity contribution is 0.796. The van der Waals surface area contributed by atoms with Crippen molar-refractivity contribution in [2.75, 3.05) is 4.90 Å². The summed E-state index contributed by atoms with van der Waals surface area (Å²) >= 11 is 0. The second-order valence-corrected chi connectivity index (χ2v) is 13.9. The molecule has 8 aromatic carbocycles. The summed E-state index contributed by atoms with van der Waals surface area (Å²) < 4.78 is 0. The van der Waals surface area contributed by atoms with E-state index in [2.05, 4.69) is 189 Å². The lowest BCUT2D eigenvalue weighted by atomic mass is 9.70. The van der Waals surface area contributed by atoms with E-state index in [1.165, 1.54) is 71.6 Å². The molecule has 0 N–H and O–H groups in total. The fourth-order valence-electron chi connectivity index (χ4n) is 8.72. The normalized spacial score (nSPS) is 13.4. The Balaban J connectivity index is 1.25. The van der Waals surface area contributed by atoms with Crippen molar-refractivity contribution in [3.63, 3.8) is 0 Å². The van der Waals surface area contributed by atoms with Gasteiger partial charge in [-0.1, -0.05) is 123 Å². The van der Waals surface area contributed by atoms with Crippen LogP contribution in [0.3, 0.4) is 0 Å². The molecule has 0 aliphatic heterocycles. The molecule has 0 atom stereocenters. The van der Waals surface area contributed by atoms with Crippen LogP contribution in [0, 0.1) is 0 Å². The van der Waals surface area contributed by atoms with Crippen molar-refractivity contribution < 1.29 is 0 Å². The van der Waals surface area contributed by atoms with Crippen LogP contribution in [0.4, 0.5) is 17.1 Å². The van der Waals surface area contributed by atoms with E-state index in [4.69, 9.17) is 0 Å². The Morgan fingerprint density at radius 3 is 1.49 bits per heavy atom. The monoisotopic (exact) mass is 625 g/mol. The maximum atomic E-state index is 2.50. The molecule has 1 spiro atoms. The quantitative estimate of drug-likeness (QED) is 0.188. The summed E-state index contributed by atoms with van der Waals surface area (Å²) in [6.45, 7) is 4.50. The third kappa shape index (κ3) is 3.99. The lowest BCUT2D eigenvalue weighted by Crippen LogP contribution is -2.25. The number of benzene rings is 8. The molecule has 0 radical (unpaired) electrons. The summed E-state index contributed by atoms with van der Waals surface area (Å²) in [5.41, 5.74) is 15.2. The van der Waals surface area contributed by atoms with Gasteiger partial charge in [-0.2, -0.15) is 0 Å². The average Bonchev–Trinajstić information content (AvgIpc) is 3.60. The topological polar surface area (TPSA) is 3.24 Å². The maximum Gasteiger partial charge on any atom is 0.0725 e. The van der Waals surface area contributed by atoms with Gasteiger partial charge in [0, 0.05) is 17.1 Å². The molecule has 0 unspecified atom stereocenters. The van der Waals surface area contributed by atoms with Gasteiger partial charge >= 0.3 is 0 Å². The van der Waals surface area contributed by atoms with Gasteiger partial charge in [0.1, 0.15) is 0 Å². The zero-order valence-corrected chi connectivity index (χ0v) is 27.7. The highest BCUT2D eigenvalue weighted by molar-refractivity contribution is 6.04. The number of rotatable bonds is 4. The molecule has 49 heavy (non-hydrogen) atoms. The Hall–Kier alpha value is -5.92. The van der Waals surface area contributed by atoms with Crippen molar-refractivity contribution in [2.24, 2.45) is 0 Å². The second kappa shape index (κ2) is 10.5. The molecule has 8 aromatic rings. The molecular formula is C48H35N. The maximum absolute atomic E-state index is 2.50. The second-order valence-electron chi connectivity index (χ2n) is 13.9. The average molecular weight is 626 g/mol. The van der Waals surface area contributed by atoms with E-state index >= 15 is 0 Å². The van der Waals surface area contributed by atoms with Crippen LogP contribution >= 0.6 is 0 Å². The van der Waals surface area contributed by atoms with Gasteiger partial charge in [-0.25, -0.2) is 0 Å². The van der Waals surface area contributed by atoms with Crippen LogP contribution < -0.4 is 4.90 Å². The third-order valence-electron chi connectivity index (χ3n) is 11.0. The van der Waals surface area contributed by atoms with Gasteiger partial charge in [-0.05, 0) is 138 Å². The van der Waals surface area contributed by atoms with E-state index in [-0.39, 0.29) is 0 Å². The molecule has 0 saturated carbocycles. The Kier molecular flexibility index (Phi) is 6.05. The Morgan fingerprint density at radius 1 is 0.367 bits per heavy atom. The standard InChI is InChI=1S/C48H35N/c1-31(2)32-20-23-38(24-21-32)49(37-14-4-3-5-15-37)39-25-22-35-28-43-42-27-33-12-6-7-13-34(33)29-46(42)48(47(43)30-36(35)26-39)44-18-10-8-16-40(44)41-17-9-11-19-45(41)48/h3-31H,1-2H3. The molecule has 232 valence electrons. The first-order valence-corrected chi connectivity index (χ1v) is 17.4. The summed E-state index contributed by atoms with van der Waals surface area (Å²) in [5.74, 6) is 0.488. The summed E-state index contributed by atoms with van der Waals surface area (Å²) in [7, 11) is 0. The van der Waals surface area contributed by atoms with E-state index in [9.17, 15) is 0 Å². The highest BCUT2D eigenvalue weighted by atomic mass is 15.1. The van der Waals surface area contributed by atoms with Crippen molar-refractivity contribution >= 4 is 38.6 Å². The summed E-state index contributed by atoms with van der Waals surface area (Å²) in [4.78, 5) is 2.38. The van der Waals surface area contributed by atoms with Gasteiger partial charge < -0.3 is 4.90 Å². The minimum Gasteiger partial charge on any atom is -0.310 e. The number of nitrogens with zero attached hydrogens (tertiary/aromatic N) is 1. The van der Waals surface area contributed by atoms with Crippen molar-refractivity contribution in [3.05, 3.63) is 198 Å². The Morgan fingerprint density at radius 2 is 0.857 bits per heavy atom. The molecule has 1 nitrogen and oxygen atoms in total. The predicted octanol–water partition coefficient (Wildman–Crippen LogP) is 12.9.